The first kappa shape index (κ1) is 12.7. The molecule has 2 saturated heterocycles. The number of nitrogens with one attached hydrogen (secondary N) is 1. The van der Waals surface area contributed by atoms with Gasteiger partial charge in [0.05, 0.1) is 12.0 Å². The Kier molecular flexibility index (Phi) is 3.14. The number of likely N-dealkylation sites (tertiary alicyclic amines) is 1. The Morgan fingerprint density at radius 3 is 2.53 bits per heavy atom. The van der Waals surface area contributed by atoms with Crippen molar-refractivity contribution in [3.05, 3.63) is 0 Å². The number of amides is 1. The van der Waals surface area contributed by atoms with Gasteiger partial charge in [-0.15, -0.1) is 0 Å². The molecule has 2 aliphatic heterocycles. The normalized spacial score (nSPS) is 26.9. The van der Waals surface area contributed by atoms with Crippen molar-refractivity contribution in [3.8, 4) is 0 Å². The Balaban J connectivity index is 1.92. The predicted octanol–water partition coefficient (Wildman–Crippen LogP) is 1.49. The van der Waals surface area contributed by atoms with Gasteiger partial charge in [0.2, 0.25) is 5.91 Å². The molecule has 2 aliphatic rings. The largest absolute Gasteiger partial charge is 0.341 e. The minimum Gasteiger partial charge on any atom is -0.341 e. The summed E-state index contributed by atoms with van der Waals surface area (Å²) in [4.78, 5) is 13.5. The van der Waals surface area contributed by atoms with E-state index in [1.807, 2.05) is 13.8 Å². The lowest BCUT2D eigenvalue weighted by Gasteiger charge is -2.50. The number of carbonyl (C=O) groups is 1. The van der Waals surface area contributed by atoms with E-state index >= 15 is 0 Å². The average Bonchev–Trinajstić information content (AvgIpc) is 2.50. The van der Waals surface area contributed by atoms with Gasteiger partial charge in [-0.1, -0.05) is 20.3 Å². The van der Waals surface area contributed by atoms with Gasteiger partial charge in [-0.3, -0.25) is 4.79 Å². The van der Waals surface area contributed by atoms with Crippen molar-refractivity contribution in [3.63, 3.8) is 0 Å². The van der Waals surface area contributed by atoms with Crippen LogP contribution in [0.3, 0.4) is 0 Å². The predicted molar refractivity (Wildman–Crippen MR) is 60.9 cm³/mol. The number of alkyl halides is 2. The molecule has 0 saturated carbocycles. The fraction of sp³-hybridized carbons (Fsp3) is 0.917. The highest BCUT2D eigenvalue weighted by atomic mass is 19.3. The van der Waals surface area contributed by atoms with Crippen LogP contribution in [0.25, 0.3) is 0 Å². The molecule has 1 unspecified atom stereocenters. The first-order valence-electron chi connectivity index (χ1n) is 6.29. The number of hydrogen-bond acceptors (Lipinski definition) is 2. The summed E-state index contributed by atoms with van der Waals surface area (Å²) in [5.74, 6) is -2.68. The van der Waals surface area contributed by atoms with E-state index in [9.17, 15) is 13.6 Å². The van der Waals surface area contributed by atoms with Crippen LogP contribution in [0.15, 0.2) is 0 Å². The summed E-state index contributed by atoms with van der Waals surface area (Å²) in [5.41, 5.74) is -0.991. The van der Waals surface area contributed by atoms with Gasteiger partial charge >= 0.3 is 0 Å². The molecule has 1 spiro atoms. The third-order valence-electron chi connectivity index (χ3n) is 4.03. The van der Waals surface area contributed by atoms with Gasteiger partial charge in [-0.05, 0) is 6.42 Å². The molecule has 1 N–H and O–H groups in total. The van der Waals surface area contributed by atoms with E-state index < -0.39 is 11.3 Å². The zero-order valence-electron chi connectivity index (χ0n) is 10.4. The number of carbonyl (C=O) groups excluding carboxylic acids is 1. The van der Waals surface area contributed by atoms with E-state index in [0.29, 0.717) is 6.54 Å². The van der Waals surface area contributed by atoms with Crippen molar-refractivity contribution < 1.29 is 13.6 Å². The Hall–Kier alpha value is -0.710. The van der Waals surface area contributed by atoms with Crippen LogP contribution < -0.4 is 5.32 Å². The van der Waals surface area contributed by atoms with Gasteiger partial charge in [-0.25, -0.2) is 8.78 Å². The average molecular weight is 246 g/mol. The lowest BCUT2D eigenvalue weighted by atomic mass is 9.75. The highest BCUT2D eigenvalue weighted by Crippen LogP contribution is 2.47. The molecule has 17 heavy (non-hydrogen) atoms. The molecule has 0 aliphatic carbocycles. The molecule has 2 fully saturated rings. The monoisotopic (exact) mass is 246 g/mol. The van der Waals surface area contributed by atoms with Gasteiger partial charge in [-0.2, -0.15) is 0 Å². The van der Waals surface area contributed by atoms with Crippen LogP contribution in [0.5, 0.6) is 0 Å². The van der Waals surface area contributed by atoms with Crippen molar-refractivity contribution >= 4 is 5.91 Å². The summed E-state index contributed by atoms with van der Waals surface area (Å²) in [6.45, 7) is 4.39. The fourth-order valence-electron chi connectivity index (χ4n) is 2.83. The molecule has 0 aromatic heterocycles. The summed E-state index contributed by atoms with van der Waals surface area (Å²) >= 11 is 0. The van der Waals surface area contributed by atoms with E-state index in [2.05, 4.69) is 5.32 Å². The molecule has 0 aromatic rings. The van der Waals surface area contributed by atoms with Gasteiger partial charge in [0.15, 0.2) is 0 Å². The van der Waals surface area contributed by atoms with Crippen molar-refractivity contribution in [2.45, 2.75) is 32.6 Å². The van der Waals surface area contributed by atoms with Crippen LogP contribution in [0.1, 0.15) is 26.7 Å². The zero-order valence-corrected chi connectivity index (χ0v) is 10.4. The zero-order chi connectivity index (χ0) is 12.7. The number of halogens is 2. The molecule has 2 rings (SSSR count). The van der Waals surface area contributed by atoms with Gasteiger partial charge in [0.1, 0.15) is 0 Å². The van der Waals surface area contributed by atoms with Crippen LogP contribution in [0, 0.1) is 11.3 Å². The Labute approximate surface area is 101 Å². The summed E-state index contributed by atoms with van der Waals surface area (Å²) in [7, 11) is 0. The maximum atomic E-state index is 13.6. The second-order valence-corrected chi connectivity index (χ2v) is 5.47. The van der Waals surface area contributed by atoms with Crippen molar-refractivity contribution in [1.82, 2.24) is 10.2 Å². The highest BCUT2D eigenvalue weighted by Gasteiger charge is 2.64. The maximum Gasteiger partial charge on any atom is 0.270 e. The summed E-state index contributed by atoms with van der Waals surface area (Å²) in [6, 6.07) is 0. The lowest BCUT2D eigenvalue weighted by molar-refractivity contribution is -0.176. The molecule has 1 atom stereocenters. The summed E-state index contributed by atoms with van der Waals surface area (Å²) < 4.78 is 27.3. The van der Waals surface area contributed by atoms with Crippen molar-refractivity contribution in [2.24, 2.45) is 11.3 Å². The molecular weight excluding hydrogens is 226 g/mol. The topological polar surface area (TPSA) is 32.3 Å². The van der Waals surface area contributed by atoms with Crippen molar-refractivity contribution in [2.75, 3.05) is 26.2 Å². The summed E-state index contributed by atoms with van der Waals surface area (Å²) in [6.07, 6.45) is 1.78. The number of hydrogen-bond donors (Lipinski definition) is 1. The van der Waals surface area contributed by atoms with E-state index in [0.717, 1.165) is 12.8 Å². The van der Waals surface area contributed by atoms with Crippen LogP contribution in [-0.4, -0.2) is 42.9 Å². The van der Waals surface area contributed by atoms with E-state index in [4.69, 9.17) is 0 Å². The summed E-state index contributed by atoms with van der Waals surface area (Å²) in [5, 5.41) is 2.73. The third-order valence-corrected chi connectivity index (χ3v) is 4.03. The molecule has 98 valence electrons. The van der Waals surface area contributed by atoms with Crippen molar-refractivity contribution in [1.29, 1.82) is 0 Å². The lowest BCUT2D eigenvalue weighted by Crippen LogP contribution is -2.66. The Morgan fingerprint density at radius 1 is 1.41 bits per heavy atom. The van der Waals surface area contributed by atoms with E-state index in [-0.39, 0.29) is 31.5 Å². The minimum absolute atomic E-state index is 0.0279. The van der Waals surface area contributed by atoms with Crippen LogP contribution in [0.2, 0.25) is 0 Å². The van der Waals surface area contributed by atoms with Crippen LogP contribution >= 0.6 is 0 Å². The highest BCUT2D eigenvalue weighted by molar-refractivity contribution is 5.79. The maximum absolute atomic E-state index is 13.6. The second-order valence-electron chi connectivity index (χ2n) is 5.47. The van der Waals surface area contributed by atoms with Gasteiger partial charge < -0.3 is 10.2 Å². The molecule has 0 aromatic carbocycles. The first-order chi connectivity index (χ1) is 7.92. The molecule has 2 heterocycles. The van der Waals surface area contributed by atoms with E-state index in [1.54, 1.807) is 4.90 Å². The second kappa shape index (κ2) is 4.19. The SMILES string of the molecule is CCCC(C)C(=O)N1CC2(CNCC2(F)F)C1. The Morgan fingerprint density at radius 2 is 2.06 bits per heavy atom. The van der Waals surface area contributed by atoms with Gasteiger partial charge in [0, 0.05) is 25.6 Å². The number of rotatable bonds is 3. The standard InChI is InChI=1S/C12H20F2N2O/c1-3-4-9(2)10(17)16-7-11(8-16)5-15-6-12(11,13)14/h9,15H,3-8H2,1-2H3. The smallest absolute Gasteiger partial charge is 0.270 e. The molecule has 1 amide bonds. The van der Waals surface area contributed by atoms with Crippen LogP contribution in [-0.2, 0) is 4.79 Å². The Bertz CT molecular complexity index is 314. The fourth-order valence-corrected chi connectivity index (χ4v) is 2.83. The first-order valence-corrected chi connectivity index (χ1v) is 6.29. The van der Waals surface area contributed by atoms with Gasteiger partial charge in [0.25, 0.3) is 5.92 Å². The quantitative estimate of drug-likeness (QED) is 0.818. The van der Waals surface area contributed by atoms with E-state index in [1.165, 1.54) is 0 Å². The molecule has 0 bridgehead atoms. The molecule has 0 radical (unpaired) electrons. The molecule has 3 nitrogen and oxygen atoms in total. The third kappa shape index (κ3) is 1.94. The minimum atomic E-state index is -2.67. The van der Waals surface area contributed by atoms with Crippen LogP contribution in [0.4, 0.5) is 8.78 Å². The molecular formula is C12H20F2N2O. The molecule has 5 heteroatoms. The number of nitrogens with zero attached hydrogens (tertiary/aromatic N) is 1.